The fourth-order valence-corrected chi connectivity index (χ4v) is 1.30. The maximum Gasteiger partial charge on any atom is 0.412 e. The molecule has 0 unspecified atom stereocenters. The Bertz CT molecular complexity index is 395. The number of nitrogens with zero attached hydrogens (tertiary/aromatic N) is 1. The predicted octanol–water partition coefficient (Wildman–Crippen LogP) is 2.47. The Morgan fingerprint density at radius 1 is 1.62 bits per heavy atom. The fourth-order valence-electron chi connectivity index (χ4n) is 0.954. The van der Waals surface area contributed by atoms with Crippen molar-refractivity contribution in [1.82, 2.24) is 10.3 Å². The number of aromatic nitrogens is 1. The van der Waals surface area contributed by atoms with Crippen LogP contribution in [-0.2, 0) is 4.74 Å². The lowest BCUT2D eigenvalue weighted by molar-refractivity contribution is 0.155. The number of rotatable bonds is 4. The van der Waals surface area contributed by atoms with E-state index in [2.05, 4.69) is 38.1 Å². The van der Waals surface area contributed by atoms with Crippen LogP contribution in [0, 0.1) is 0 Å². The molecule has 0 fully saturated rings. The smallest absolute Gasteiger partial charge is 0.412 e. The molecular formula is C10H12BrN3O2. The Labute approximate surface area is 102 Å². The topological polar surface area (TPSA) is 63.2 Å². The van der Waals surface area contributed by atoms with Crippen molar-refractivity contribution in [3.63, 3.8) is 0 Å². The van der Waals surface area contributed by atoms with Crippen molar-refractivity contribution in [2.45, 2.75) is 6.92 Å². The van der Waals surface area contributed by atoms with Gasteiger partial charge in [-0.3, -0.25) is 5.32 Å². The van der Waals surface area contributed by atoms with Crippen molar-refractivity contribution in [2.75, 3.05) is 11.9 Å². The number of anilines is 1. The first-order valence-corrected chi connectivity index (χ1v) is 5.43. The molecule has 0 bridgehead atoms. The van der Waals surface area contributed by atoms with Crippen molar-refractivity contribution in [3.05, 3.63) is 35.2 Å². The number of hydrogen-bond acceptors (Lipinski definition) is 4. The zero-order valence-electron chi connectivity index (χ0n) is 8.79. The minimum Gasteiger partial charge on any atom is -0.450 e. The number of alkyl carbamates (subject to hydrolysis) is 1. The van der Waals surface area contributed by atoms with Gasteiger partial charge < -0.3 is 10.1 Å². The van der Waals surface area contributed by atoms with Crippen molar-refractivity contribution < 1.29 is 9.53 Å². The largest absolute Gasteiger partial charge is 0.450 e. The first-order chi connectivity index (χ1) is 7.61. The summed E-state index contributed by atoms with van der Waals surface area (Å²) in [5, 5.41) is 5.25. The highest BCUT2D eigenvalue weighted by Gasteiger charge is 2.03. The normalized spacial score (nSPS) is 9.38. The number of carbonyl (C=O) groups excluding carboxylic acids is 1. The van der Waals surface area contributed by atoms with Crippen LogP contribution in [0.25, 0.3) is 0 Å². The molecule has 1 heterocycles. The Kier molecular flexibility index (Phi) is 4.78. The maximum atomic E-state index is 11.0. The average Bonchev–Trinajstić information content (AvgIpc) is 2.17. The van der Waals surface area contributed by atoms with E-state index >= 15 is 0 Å². The number of halogens is 1. The molecule has 1 amide bonds. The number of ether oxygens (including phenoxy) is 1. The van der Waals surface area contributed by atoms with Crippen LogP contribution in [0.5, 0.6) is 0 Å². The van der Waals surface area contributed by atoms with E-state index in [0.717, 1.165) is 0 Å². The lowest BCUT2D eigenvalue weighted by atomic mass is 10.4. The molecule has 16 heavy (non-hydrogen) atoms. The van der Waals surface area contributed by atoms with Crippen LogP contribution in [0.4, 0.5) is 10.6 Å². The second-order valence-electron chi connectivity index (χ2n) is 2.79. The van der Waals surface area contributed by atoms with Crippen LogP contribution in [0.1, 0.15) is 6.92 Å². The molecule has 5 nitrogen and oxygen atoms in total. The third kappa shape index (κ3) is 4.31. The predicted molar refractivity (Wildman–Crippen MR) is 64.9 cm³/mol. The van der Waals surface area contributed by atoms with Gasteiger partial charge in [0.15, 0.2) is 0 Å². The van der Waals surface area contributed by atoms with Gasteiger partial charge >= 0.3 is 6.09 Å². The summed E-state index contributed by atoms with van der Waals surface area (Å²) in [6.07, 6.45) is -0.546. The Balaban J connectivity index is 2.48. The van der Waals surface area contributed by atoms with E-state index < -0.39 is 6.09 Å². The van der Waals surface area contributed by atoms with E-state index in [-0.39, 0.29) is 0 Å². The van der Waals surface area contributed by atoms with Gasteiger partial charge in [0.1, 0.15) is 16.2 Å². The number of amides is 1. The first kappa shape index (κ1) is 12.5. The van der Waals surface area contributed by atoms with Gasteiger partial charge in [-0.15, -0.1) is 0 Å². The molecule has 0 aliphatic heterocycles. The highest BCUT2D eigenvalue weighted by atomic mass is 79.9. The van der Waals surface area contributed by atoms with Gasteiger partial charge in [0.05, 0.1) is 6.61 Å². The molecule has 1 aromatic heterocycles. The minimum absolute atomic E-state index is 0.309. The van der Waals surface area contributed by atoms with E-state index in [1.165, 1.54) is 0 Å². The van der Waals surface area contributed by atoms with Gasteiger partial charge in [0, 0.05) is 0 Å². The Hall–Kier alpha value is -1.56. The Morgan fingerprint density at radius 3 is 3.00 bits per heavy atom. The highest BCUT2D eigenvalue weighted by Crippen LogP contribution is 2.10. The van der Waals surface area contributed by atoms with E-state index in [0.29, 0.717) is 22.8 Å². The summed E-state index contributed by atoms with van der Waals surface area (Å²) in [4.78, 5) is 15.2. The van der Waals surface area contributed by atoms with Gasteiger partial charge in [-0.2, -0.15) is 0 Å². The molecule has 0 saturated heterocycles. The van der Waals surface area contributed by atoms with Crippen molar-refractivity contribution in [3.8, 4) is 0 Å². The molecule has 2 N–H and O–H groups in total. The second kappa shape index (κ2) is 6.12. The SMILES string of the molecule is C=C(NC(=O)OCC)Nc1cccc(Br)n1. The summed E-state index contributed by atoms with van der Waals surface area (Å²) in [6, 6.07) is 5.37. The molecule has 0 aromatic carbocycles. The maximum absolute atomic E-state index is 11.0. The van der Waals surface area contributed by atoms with Gasteiger partial charge in [0.25, 0.3) is 0 Å². The molecule has 0 aliphatic carbocycles. The van der Waals surface area contributed by atoms with Crippen LogP contribution in [0.2, 0.25) is 0 Å². The minimum atomic E-state index is -0.546. The molecule has 1 rings (SSSR count). The number of pyridine rings is 1. The van der Waals surface area contributed by atoms with Gasteiger partial charge in [0.2, 0.25) is 0 Å². The number of carbonyl (C=O) groups is 1. The molecule has 0 spiro atoms. The van der Waals surface area contributed by atoms with E-state index in [1.54, 1.807) is 19.1 Å². The van der Waals surface area contributed by atoms with Crippen LogP contribution >= 0.6 is 15.9 Å². The number of nitrogens with one attached hydrogen (secondary N) is 2. The van der Waals surface area contributed by atoms with Gasteiger partial charge in [-0.25, -0.2) is 9.78 Å². The summed E-state index contributed by atoms with van der Waals surface area (Å²) < 4.78 is 5.39. The van der Waals surface area contributed by atoms with Crippen molar-refractivity contribution in [1.29, 1.82) is 0 Å². The summed E-state index contributed by atoms with van der Waals surface area (Å²) >= 11 is 3.23. The third-order valence-electron chi connectivity index (χ3n) is 1.52. The van der Waals surface area contributed by atoms with Gasteiger partial charge in [-0.05, 0) is 35.0 Å². The van der Waals surface area contributed by atoms with Crippen LogP contribution < -0.4 is 10.6 Å². The third-order valence-corrected chi connectivity index (χ3v) is 1.96. The molecule has 0 aliphatic rings. The standard InChI is InChI=1S/C10H12BrN3O2/c1-3-16-10(15)13-7(2)12-9-6-4-5-8(11)14-9/h4-6H,2-3H2,1H3,(H,12,14)(H,13,15). The monoisotopic (exact) mass is 285 g/mol. The summed E-state index contributed by atoms with van der Waals surface area (Å²) in [5.41, 5.74) is 0. The quantitative estimate of drug-likeness (QED) is 0.835. The Morgan fingerprint density at radius 2 is 2.38 bits per heavy atom. The zero-order valence-corrected chi connectivity index (χ0v) is 10.4. The van der Waals surface area contributed by atoms with E-state index in [1.807, 2.05) is 6.07 Å². The van der Waals surface area contributed by atoms with Gasteiger partial charge in [-0.1, -0.05) is 12.6 Å². The van der Waals surface area contributed by atoms with Crippen LogP contribution in [-0.4, -0.2) is 17.7 Å². The summed E-state index contributed by atoms with van der Waals surface area (Å²) in [5.74, 6) is 0.889. The van der Waals surface area contributed by atoms with E-state index in [4.69, 9.17) is 4.74 Å². The molecule has 0 atom stereocenters. The van der Waals surface area contributed by atoms with Crippen LogP contribution in [0.15, 0.2) is 35.2 Å². The molecule has 0 radical (unpaired) electrons. The zero-order chi connectivity index (χ0) is 12.0. The van der Waals surface area contributed by atoms with Crippen molar-refractivity contribution >= 4 is 27.8 Å². The molecular weight excluding hydrogens is 274 g/mol. The molecule has 0 saturated carbocycles. The lowest BCUT2D eigenvalue weighted by Gasteiger charge is -2.10. The molecule has 1 aromatic rings. The number of hydrogen-bond donors (Lipinski definition) is 2. The summed E-state index contributed by atoms with van der Waals surface area (Å²) in [6.45, 7) is 5.67. The van der Waals surface area contributed by atoms with Crippen molar-refractivity contribution in [2.24, 2.45) is 0 Å². The van der Waals surface area contributed by atoms with Crippen LogP contribution in [0.3, 0.4) is 0 Å². The summed E-state index contributed by atoms with van der Waals surface area (Å²) in [7, 11) is 0. The molecule has 86 valence electrons. The first-order valence-electron chi connectivity index (χ1n) is 4.64. The highest BCUT2D eigenvalue weighted by molar-refractivity contribution is 9.10. The lowest BCUT2D eigenvalue weighted by Crippen LogP contribution is -2.27. The van der Waals surface area contributed by atoms with E-state index in [9.17, 15) is 4.79 Å². The second-order valence-corrected chi connectivity index (χ2v) is 3.61. The average molecular weight is 286 g/mol. The fraction of sp³-hybridized carbons (Fsp3) is 0.200. The molecule has 6 heteroatoms.